The lowest BCUT2D eigenvalue weighted by Crippen LogP contribution is -2.33. The highest BCUT2D eigenvalue weighted by Gasteiger charge is 2.05. The summed E-state index contributed by atoms with van der Waals surface area (Å²) in [6.07, 6.45) is 4.12. The van der Waals surface area contributed by atoms with E-state index in [1.807, 2.05) is 6.20 Å². The summed E-state index contributed by atoms with van der Waals surface area (Å²) >= 11 is 0. The van der Waals surface area contributed by atoms with Crippen LogP contribution in [-0.4, -0.2) is 18.1 Å². The first-order chi connectivity index (χ1) is 4.29. The first kappa shape index (κ1) is 6.62. The Balaban J connectivity index is 2.14. The van der Waals surface area contributed by atoms with E-state index in [-0.39, 0.29) is 0 Å². The van der Waals surface area contributed by atoms with E-state index in [9.17, 15) is 0 Å². The largest absolute Gasteiger partial charge is 0.326 e. The molecule has 0 radical (unpaired) electrons. The minimum atomic E-state index is 0.748. The normalized spacial score (nSPS) is 19.0. The summed E-state index contributed by atoms with van der Waals surface area (Å²) in [4.78, 5) is 0. The number of rotatable bonds is 2. The molecule has 2 nitrogen and oxygen atoms in total. The van der Waals surface area contributed by atoms with Gasteiger partial charge in [0.1, 0.15) is 0 Å². The van der Waals surface area contributed by atoms with Gasteiger partial charge in [0, 0.05) is 19.3 Å². The van der Waals surface area contributed by atoms with Crippen LogP contribution in [0.2, 0.25) is 0 Å². The first-order valence-electron chi connectivity index (χ1n) is 3.45. The van der Waals surface area contributed by atoms with Gasteiger partial charge in [-0.15, -0.1) is 0 Å². The highest BCUT2D eigenvalue weighted by Crippen LogP contribution is 1.98. The quantitative estimate of drug-likeness (QED) is 0.593. The zero-order chi connectivity index (χ0) is 6.69. The molecule has 0 amide bonds. The van der Waals surface area contributed by atoms with Crippen molar-refractivity contribution in [2.45, 2.75) is 13.8 Å². The van der Waals surface area contributed by atoms with Gasteiger partial charge in [-0.1, -0.05) is 19.9 Å². The third-order valence-corrected chi connectivity index (χ3v) is 1.29. The van der Waals surface area contributed by atoms with Crippen LogP contribution in [0.3, 0.4) is 0 Å². The van der Waals surface area contributed by atoms with E-state index in [1.54, 1.807) is 0 Å². The second kappa shape index (κ2) is 2.87. The minimum absolute atomic E-state index is 0.748. The lowest BCUT2D eigenvalue weighted by Gasteiger charge is -2.17. The summed E-state index contributed by atoms with van der Waals surface area (Å²) in [6, 6.07) is 0. The zero-order valence-electron chi connectivity index (χ0n) is 6.09. The van der Waals surface area contributed by atoms with Crippen LogP contribution in [0, 0.1) is 5.92 Å². The Hall–Kier alpha value is -0.500. The van der Waals surface area contributed by atoms with Gasteiger partial charge in [-0.25, -0.2) is 5.01 Å². The summed E-state index contributed by atoms with van der Waals surface area (Å²) in [6.45, 7) is 6.63. The second-order valence-electron chi connectivity index (χ2n) is 2.83. The van der Waals surface area contributed by atoms with E-state index in [2.05, 4.69) is 30.4 Å². The number of nitrogens with one attached hydrogen (secondary N) is 1. The lowest BCUT2D eigenvalue weighted by molar-refractivity contribution is 0.236. The van der Waals surface area contributed by atoms with Crippen LogP contribution < -0.4 is 5.43 Å². The third-order valence-electron chi connectivity index (χ3n) is 1.29. The van der Waals surface area contributed by atoms with Crippen molar-refractivity contribution in [3.8, 4) is 0 Å². The van der Waals surface area contributed by atoms with E-state index in [4.69, 9.17) is 0 Å². The summed E-state index contributed by atoms with van der Waals surface area (Å²) in [7, 11) is 0. The van der Waals surface area contributed by atoms with E-state index in [0.717, 1.165) is 19.0 Å². The van der Waals surface area contributed by atoms with Gasteiger partial charge in [0.25, 0.3) is 0 Å². The van der Waals surface area contributed by atoms with Gasteiger partial charge in [0.05, 0.1) is 0 Å². The molecular formula is C7H14N2. The van der Waals surface area contributed by atoms with Gasteiger partial charge >= 0.3 is 0 Å². The van der Waals surface area contributed by atoms with Crippen LogP contribution in [0.15, 0.2) is 12.3 Å². The molecule has 0 aromatic carbocycles. The molecule has 0 saturated heterocycles. The Bertz CT molecular complexity index is 99.5. The average Bonchev–Trinajstić information content (AvgIpc) is 2.15. The maximum absolute atomic E-state index is 3.14. The van der Waals surface area contributed by atoms with Gasteiger partial charge in [0.15, 0.2) is 0 Å². The van der Waals surface area contributed by atoms with Crippen molar-refractivity contribution in [2.24, 2.45) is 5.92 Å². The van der Waals surface area contributed by atoms with E-state index in [1.165, 1.54) is 0 Å². The van der Waals surface area contributed by atoms with Crippen molar-refractivity contribution in [2.75, 3.05) is 13.1 Å². The Labute approximate surface area is 56.5 Å². The number of nitrogens with zero attached hydrogens (tertiary/aromatic N) is 1. The van der Waals surface area contributed by atoms with E-state index < -0.39 is 0 Å². The van der Waals surface area contributed by atoms with Crippen molar-refractivity contribution >= 4 is 0 Å². The molecule has 0 fully saturated rings. The Morgan fingerprint density at radius 3 is 2.89 bits per heavy atom. The highest BCUT2D eigenvalue weighted by atomic mass is 15.5. The maximum atomic E-state index is 3.14. The highest BCUT2D eigenvalue weighted by molar-refractivity contribution is 4.88. The molecule has 0 bridgehead atoms. The fraction of sp³-hybridized carbons (Fsp3) is 0.714. The van der Waals surface area contributed by atoms with Crippen molar-refractivity contribution in [3.63, 3.8) is 0 Å². The Kier molecular flexibility index (Phi) is 2.11. The molecule has 9 heavy (non-hydrogen) atoms. The molecule has 52 valence electrons. The monoisotopic (exact) mass is 126 g/mol. The van der Waals surface area contributed by atoms with E-state index >= 15 is 0 Å². The first-order valence-corrected chi connectivity index (χ1v) is 3.45. The van der Waals surface area contributed by atoms with Crippen molar-refractivity contribution in [3.05, 3.63) is 12.3 Å². The van der Waals surface area contributed by atoms with Crippen LogP contribution >= 0.6 is 0 Å². The minimum Gasteiger partial charge on any atom is -0.326 e. The third kappa shape index (κ3) is 2.06. The molecule has 1 aliphatic rings. The Morgan fingerprint density at radius 1 is 1.67 bits per heavy atom. The van der Waals surface area contributed by atoms with Gasteiger partial charge < -0.3 is 5.43 Å². The summed E-state index contributed by atoms with van der Waals surface area (Å²) in [5.41, 5.74) is 3.14. The fourth-order valence-electron chi connectivity index (χ4n) is 0.959. The predicted octanol–water partition coefficient (Wildman–Crippen LogP) is 0.976. The van der Waals surface area contributed by atoms with Crippen LogP contribution in [0.4, 0.5) is 0 Å². The van der Waals surface area contributed by atoms with Crippen LogP contribution in [0.1, 0.15) is 13.8 Å². The summed E-state index contributed by atoms with van der Waals surface area (Å²) in [5.74, 6) is 0.748. The number of hydrogen-bond acceptors (Lipinski definition) is 2. The zero-order valence-corrected chi connectivity index (χ0v) is 6.09. The molecule has 1 N–H and O–H groups in total. The molecule has 0 saturated carbocycles. The fourth-order valence-corrected chi connectivity index (χ4v) is 0.959. The maximum Gasteiger partial charge on any atom is 0.0376 e. The molecule has 0 unspecified atom stereocenters. The molecule has 0 aromatic heterocycles. The average molecular weight is 126 g/mol. The molecule has 0 aliphatic carbocycles. The smallest absolute Gasteiger partial charge is 0.0376 e. The number of hydrogen-bond donors (Lipinski definition) is 1. The van der Waals surface area contributed by atoms with Gasteiger partial charge in [-0.05, 0) is 5.92 Å². The molecule has 0 atom stereocenters. The molecule has 1 heterocycles. The SMILES string of the molecule is CC(C)CN1CC=CN1. The van der Waals surface area contributed by atoms with Crippen LogP contribution in [0.5, 0.6) is 0 Å². The standard InChI is InChI=1S/C7H14N2/c1-7(2)6-9-5-3-4-8-9/h3-4,7-8H,5-6H2,1-2H3. The van der Waals surface area contributed by atoms with Gasteiger partial charge in [0.2, 0.25) is 0 Å². The van der Waals surface area contributed by atoms with Gasteiger partial charge in [-0.3, -0.25) is 0 Å². The van der Waals surface area contributed by atoms with Crippen molar-refractivity contribution in [1.29, 1.82) is 0 Å². The topological polar surface area (TPSA) is 15.3 Å². The van der Waals surface area contributed by atoms with Crippen molar-refractivity contribution in [1.82, 2.24) is 10.4 Å². The Morgan fingerprint density at radius 2 is 2.44 bits per heavy atom. The molecular weight excluding hydrogens is 112 g/mol. The molecule has 1 aliphatic heterocycles. The lowest BCUT2D eigenvalue weighted by atomic mass is 10.2. The summed E-state index contributed by atoms with van der Waals surface area (Å²) < 4.78 is 0. The van der Waals surface area contributed by atoms with Crippen LogP contribution in [-0.2, 0) is 0 Å². The predicted molar refractivity (Wildman–Crippen MR) is 38.7 cm³/mol. The molecule has 0 aromatic rings. The molecule has 2 heteroatoms. The van der Waals surface area contributed by atoms with E-state index in [0.29, 0.717) is 0 Å². The summed E-state index contributed by atoms with van der Waals surface area (Å²) in [5, 5.41) is 2.20. The molecule has 0 spiro atoms. The number of hydrazine groups is 1. The second-order valence-corrected chi connectivity index (χ2v) is 2.83. The van der Waals surface area contributed by atoms with Gasteiger partial charge in [-0.2, -0.15) is 0 Å². The molecule has 1 rings (SSSR count). The van der Waals surface area contributed by atoms with Crippen molar-refractivity contribution < 1.29 is 0 Å². The van der Waals surface area contributed by atoms with Crippen LogP contribution in [0.25, 0.3) is 0 Å².